The molecule has 0 aliphatic carbocycles. The van der Waals surface area contributed by atoms with E-state index in [2.05, 4.69) is 15.3 Å². The van der Waals surface area contributed by atoms with E-state index < -0.39 is 0 Å². The van der Waals surface area contributed by atoms with Gasteiger partial charge in [0, 0.05) is 24.5 Å². The van der Waals surface area contributed by atoms with Gasteiger partial charge in [0.25, 0.3) is 5.91 Å². The molecule has 0 fully saturated rings. The molecule has 0 unspecified atom stereocenters. The molecule has 0 aliphatic rings. The third-order valence-electron chi connectivity index (χ3n) is 2.35. The van der Waals surface area contributed by atoms with Crippen LogP contribution < -0.4 is 10.1 Å². The Labute approximate surface area is 98.8 Å². The lowest BCUT2D eigenvalue weighted by Crippen LogP contribution is -2.24. The van der Waals surface area contributed by atoms with Gasteiger partial charge in [-0.2, -0.15) is 0 Å². The number of methoxy groups -OCH3 is 1. The topological polar surface area (TPSA) is 67.0 Å². The first-order valence-corrected chi connectivity index (χ1v) is 5.20. The fraction of sp³-hybridized carbons (Fsp3) is 0.167. The molecule has 5 nitrogen and oxygen atoms in total. The maximum Gasteiger partial charge on any atom is 0.287 e. The minimum Gasteiger partial charge on any atom is -0.496 e. The minimum atomic E-state index is -0.235. The Morgan fingerprint density at radius 2 is 2.29 bits per heavy atom. The molecule has 5 heteroatoms. The van der Waals surface area contributed by atoms with Gasteiger partial charge in [0.15, 0.2) is 5.82 Å². The number of carbonyl (C=O) groups excluding carboxylic acids is 1. The van der Waals surface area contributed by atoms with Crippen LogP contribution >= 0.6 is 0 Å². The second kappa shape index (κ2) is 5.16. The molecular weight excluding hydrogens is 218 g/mol. The maximum atomic E-state index is 11.6. The van der Waals surface area contributed by atoms with E-state index in [0.29, 0.717) is 12.4 Å². The summed E-state index contributed by atoms with van der Waals surface area (Å²) in [4.78, 5) is 18.3. The zero-order valence-electron chi connectivity index (χ0n) is 9.43. The van der Waals surface area contributed by atoms with E-state index in [1.165, 1.54) is 6.20 Å². The molecule has 0 aliphatic heterocycles. The maximum absolute atomic E-state index is 11.6. The second-order valence-electron chi connectivity index (χ2n) is 3.43. The predicted molar refractivity (Wildman–Crippen MR) is 62.8 cm³/mol. The fourth-order valence-electron chi connectivity index (χ4n) is 1.50. The fourth-order valence-corrected chi connectivity index (χ4v) is 1.50. The zero-order chi connectivity index (χ0) is 12.1. The molecule has 2 rings (SSSR count). The SMILES string of the molecule is COc1ccccc1CNC(=O)c1ncc[nH]1. The van der Waals surface area contributed by atoms with E-state index >= 15 is 0 Å². The molecule has 0 radical (unpaired) electrons. The summed E-state index contributed by atoms with van der Waals surface area (Å²) in [6, 6.07) is 7.54. The molecular formula is C12H13N3O2. The number of benzene rings is 1. The van der Waals surface area contributed by atoms with Crippen molar-refractivity contribution >= 4 is 5.91 Å². The number of imidazole rings is 1. The van der Waals surface area contributed by atoms with E-state index in [0.717, 1.165) is 11.3 Å². The Balaban J connectivity index is 2.00. The van der Waals surface area contributed by atoms with Crippen molar-refractivity contribution in [3.8, 4) is 5.75 Å². The molecule has 2 aromatic rings. The number of rotatable bonds is 4. The number of ether oxygens (including phenoxy) is 1. The third kappa shape index (κ3) is 2.63. The standard InChI is InChI=1S/C12H13N3O2/c1-17-10-5-3-2-4-9(10)8-15-12(16)11-13-6-7-14-11/h2-7H,8H2,1H3,(H,13,14)(H,15,16). The van der Waals surface area contributed by atoms with Crippen molar-refractivity contribution in [3.05, 3.63) is 48.0 Å². The number of nitrogens with one attached hydrogen (secondary N) is 2. The number of hydrogen-bond donors (Lipinski definition) is 2. The molecule has 1 aromatic carbocycles. The number of nitrogens with zero attached hydrogens (tertiary/aromatic N) is 1. The lowest BCUT2D eigenvalue weighted by molar-refractivity contribution is 0.0941. The molecule has 0 saturated carbocycles. The van der Waals surface area contributed by atoms with Gasteiger partial charge in [-0.05, 0) is 6.07 Å². The van der Waals surface area contributed by atoms with E-state index in [1.807, 2.05) is 24.3 Å². The van der Waals surface area contributed by atoms with Gasteiger partial charge in [0.05, 0.1) is 7.11 Å². The van der Waals surface area contributed by atoms with Crippen LogP contribution in [0.2, 0.25) is 0 Å². The number of carbonyl (C=O) groups is 1. The first-order valence-electron chi connectivity index (χ1n) is 5.20. The summed E-state index contributed by atoms with van der Waals surface area (Å²) in [7, 11) is 1.60. The van der Waals surface area contributed by atoms with Crippen LogP contribution in [-0.4, -0.2) is 23.0 Å². The van der Waals surface area contributed by atoms with Gasteiger partial charge in [-0.15, -0.1) is 0 Å². The zero-order valence-corrected chi connectivity index (χ0v) is 9.43. The number of amides is 1. The van der Waals surface area contributed by atoms with E-state index in [9.17, 15) is 4.79 Å². The van der Waals surface area contributed by atoms with Crippen LogP contribution in [0.5, 0.6) is 5.75 Å². The monoisotopic (exact) mass is 231 g/mol. The summed E-state index contributed by atoms with van der Waals surface area (Å²) in [6.45, 7) is 0.406. The first-order chi connectivity index (χ1) is 8.31. The van der Waals surface area contributed by atoms with Crippen molar-refractivity contribution in [1.29, 1.82) is 0 Å². The predicted octanol–water partition coefficient (Wildman–Crippen LogP) is 1.35. The van der Waals surface area contributed by atoms with E-state index in [1.54, 1.807) is 13.3 Å². The quantitative estimate of drug-likeness (QED) is 0.834. The highest BCUT2D eigenvalue weighted by atomic mass is 16.5. The van der Waals surface area contributed by atoms with Crippen LogP contribution in [0.4, 0.5) is 0 Å². The van der Waals surface area contributed by atoms with Crippen molar-refractivity contribution in [3.63, 3.8) is 0 Å². The van der Waals surface area contributed by atoms with Crippen molar-refractivity contribution in [2.75, 3.05) is 7.11 Å². The summed E-state index contributed by atoms with van der Waals surface area (Å²) < 4.78 is 5.19. The van der Waals surface area contributed by atoms with Crippen molar-refractivity contribution in [2.45, 2.75) is 6.54 Å². The molecule has 88 valence electrons. The van der Waals surface area contributed by atoms with Crippen LogP contribution in [0.25, 0.3) is 0 Å². The number of aromatic nitrogens is 2. The molecule has 0 atom stereocenters. The summed E-state index contributed by atoms with van der Waals surface area (Å²) in [5.74, 6) is 0.827. The van der Waals surface area contributed by atoms with Crippen molar-refractivity contribution < 1.29 is 9.53 Å². The Kier molecular flexibility index (Phi) is 3.40. The van der Waals surface area contributed by atoms with Gasteiger partial charge in [0.2, 0.25) is 0 Å². The summed E-state index contributed by atoms with van der Waals surface area (Å²) in [5, 5.41) is 2.76. The van der Waals surface area contributed by atoms with Crippen molar-refractivity contribution in [2.24, 2.45) is 0 Å². The molecule has 0 saturated heterocycles. The Morgan fingerprint density at radius 1 is 1.47 bits per heavy atom. The van der Waals surface area contributed by atoms with Crippen molar-refractivity contribution in [1.82, 2.24) is 15.3 Å². The Morgan fingerprint density at radius 3 is 3.00 bits per heavy atom. The normalized spacial score (nSPS) is 9.94. The average Bonchev–Trinajstić information content (AvgIpc) is 2.90. The van der Waals surface area contributed by atoms with Crippen LogP contribution in [0, 0.1) is 0 Å². The summed E-state index contributed by atoms with van der Waals surface area (Å²) in [5.41, 5.74) is 0.926. The van der Waals surface area contributed by atoms with Crippen LogP contribution in [-0.2, 0) is 6.54 Å². The lowest BCUT2D eigenvalue weighted by Gasteiger charge is -2.08. The Hall–Kier alpha value is -2.30. The van der Waals surface area contributed by atoms with Crippen LogP contribution in [0.15, 0.2) is 36.7 Å². The Bertz CT molecular complexity index is 494. The molecule has 0 bridgehead atoms. The van der Waals surface area contributed by atoms with Crippen LogP contribution in [0.1, 0.15) is 16.2 Å². The van der Waals surface area contributed by atoms with Gasteiger partial charge in [-0.25, -0.2) is 4.98 Å². The smallest absolute Gasteiger partial charge is 0.287 e. The number of hydrogen-bond acceptors (Lipinski definition) is 3. The highest BCUT2D eigenvalue weighted by Gasteiger charge is 2.08. The molecule has 2 N–H and O–H groups in total. The van der Waals surface area contributed by atoms with Gasteiger partial charge in [-0.3, -0.25) is 4.79 Å². The van der Waals surface area contributed by atoms with E-state index in [4.69, 9.17) is 4.74 Å². The molecule has 0 spiro atoms. The highest BCUT2D eigenvalue weighted by molar-refractivity contribution is 5.90. The molecule has 1 aromatic heterocycles. The second-order valence-corrected chi connectivity index (χ2v) is 3.43. The molecule has 17 heavy (non-hydrogen) atoms. The summed E-state index contributed by atoms with van der Waals surface area (Å²) >= 11 is 0. The van der Waals surface area contributed by atoms with Gasteiger partial charge >= 0.3 is 0 Å². The highest BCUT2D eigenvalue weighted by Crippen LogP contribution is 2.16. The third-order valence-corrected chi connectivity index (χ3v) is 2.35. The number of aromatic amines is 1. The lowest BCUT2D eigenvalue weighted by atomic mass is 10.2. The van der Waals surface area contributed by atoms with Gasteiger partial charge in [0.1, 0.15) is 5.75 Å². The average molecular weight is 231 g/mol. The first kappa shape index (κ1) is 11.2. The van der Waals surface area contributed by atoms with E-state index in [-0.39, 0.29) is 5.91 Å². The largest absolute Gasteiger partial charge is 0.496 e. The minimum absolute atomic E-state index is 0.235. The number of para-hydroxylation sites is 1. The molecule has 1 heterocycles. The number of H-pyrrole nitrogens is 1. The van der Waals surface area contributed by atoms with Gasteiger partial charge < -0.3 is 15.0 Å². The van der Waals surface area contributed by atoms with Gasteiger partial charge in [-0.1, -0.05) is 18.2 Å². The molecule has 1 amide bonds. The summed E-state index contributed by atoms with van der Waals surface area (Å²) in [6.07, 6.45) is 3.15. The van der Waals surface area contributed by atoms with Crippen LogP contribution in [0.3, 0.4) is 0 Å².